The quantitative estimate of drug-likeness (QED) is 0.311. The van der Waals surface area contributed by atoms with Crippen molar-refractivity contribution in [1.29, 1.82) is 0 Å². The Hall–Kier alpha value is -2.08. The van der Waals surface area contributed by atoms with Gasteiger partial charge in [0.2, 0.25) is 0 Å². The van der Waals surface area contributed by atoms with Gasteiger partial charge in [0.05, 0.1) is 5.69 Å². The summed E-state index contributed by atoms with van der Waals surface area (Å²) < 4.78 is 41.2. The minimum atomic E-state index is -4.81. The molecule has 1 aromatic carbocycles. The van der Waals surface area contributed by atoms with Crippen LogP contribution in [0.2, 0.25) is 0 Å². The number of alkyl halides is 3. The van der Waals surface area contributed by atoms with E-state index in [4.69, 9.17) is 5.73 Å². The Morgan fingerprint density at radius 1 is 1.22 bits per heavy atom. The number of pyridine rings is 1. The van der Waals surface area contributed by atoms with Gasteiger partial charge < -0.3 is 20.9 Å². The zero-order valence-corrected chi connectivity index (χ0v) is 16.5. The third kappa shape index (κ3) is 8.43. The SMILES string of the molecule is I.NC(=NCC(CO)Cc1ccccn1)Nc1ccccc1OC(F)(F)F. The van der Waals surface area contributed by atoms with E-state index < -0.39 is 12.1 Å². The van der Waals surface area contributed by atoms with E-state index >= 15 is 0 Å². The number of aliphatic imine (C=N–C) groups is 1. The van der Waals surface area contributed by atoms with Gasteiger partial charge in [0.15, 0.2) is 11.7 Å². The van der Waals surface area contributed by atoms with Crippen LogP contribution in [0.5, 0.6) is 5.75 Å². The van der Waals surface area contributed by atoms with Crippen LogP contribution in [0.3, 0.4) is 0 Å². The fourth-order valence-corrected chi connectivity index (χ4v) is 2.19. The van der Waals surface area contributed by atoms with Gasteiger partial charge in [-0.1, -0.05) is 18.2 Å². The van der Waals surface area contributed by atoms with E-state index in [9.17, 15) is 18.3 Å². The van der Waals surface area contributed by atoms with Gasteiger partial charge in [0.1, 0.15) is 0 Å². The maximum atomic E-state index is 12.4. The van der Waals surface area contributed by atoms with Crippen molar-refractivity contribution in [3.63, 3.8) is 0 Å². The number of para-hydroxylation sites is 2. The number of guanidine groups is 1. The molecule has 2 rings (SSSR count). The van der Waals surface area contributed by atoms with Crippen molar-refractivity contribution in [2.45, 2.75) is 12.8 Å². The molecule has 0 saturated carbocycles. The summed E-state index contributed by atoms with van der Waals surface area (Å²) in [6, 6.07) is 11.0. The van der Waals surface area contributed by atoms with Gasteiger partial charge >= 0.3 is 6.36 Å². The van der Waals surface area contributed by atoms with Crippen LogP contribution in [-0.2, 0) is 6.42 Å². The van der Waals surface area contributed by atoms with Crippen LogP contribution in [0.1, 0.15) is 5.69 Å². The number of aliphatic hydroxyl groups excluding tert-OH is 1. The van der Waals surface area contributed by atoms with Crippen LogP contribution in [0.25, 0.3) is 0 Å². The number of aromatic nitrogens is 1. The minimum absolute atomic E-state index is 0. The molecule has 0 spiro atoms. The third-order valence-corrected chi connectivity index (χ3v) is 3.38. The fourth-order valence-electron chi connectivity index (χ4n) is 2.19. The largest absolute Gasteiger partial charge is 0.573 e. The number of ether oxygens (including phenoxy) is 1. The molecule has 27 heavy (non-hydrogen) atoms. The summed E-state index contributed by atoms with van der Waals surface area (Å²) in [5.74, 6) is -0.708. The van der Waals surface area contributed by atoms with Gasteiger partial charge in [-0.05, 0) is 30.7 Å². The summed E-state index contributed by atoms with van der Waals surface area (Å²) in [5.41, 5.74) is 6.58. The number of aliphatic hydroxyl groups is 1. The standard InChI is InChI=1S/C17H19F3N4O2.HI/c18-17(19,20)26-15-7-2-1-6-14(15)24-16(21)23-10-12(11-25)9-13-5-3-4-8-22-13;/h1-8,12,25H,9-11H2,(H3,21,23,24);1H. The molecule has 1 heterocycles. The highest BCUT2D eigenvalue weighted by Crippen LogP contribution is 2.29. The van der Waals surface area contributed by atoms with Gasteiger partial charge in [0, 0.05) is 31.0 Å². The van der Waals surface area contributed by atoms with Crippen molar-refractivity contribution in [3.05, 3.63) is 54.4 Å². The molecule has 4 N–H and O–H groups in total. The molecule has 1 aromatic heterocycles. The average molecular weight is 496 g/mol. The highest BCUT2D eigenvalue weighted by Gasteiger charge is 2.32. The highest BCUT2D eigenvalue weighted by molar-refractivity contribution is 14.0. The molecule has 148 valence electrons. The first-order valence-corrected chi connectivity index (χ1v) is 7.80. The average Bonchev–Trinajstić information content (AvgIpc) is 2.60. The number of hydrogen-bond acceptors (Lipinski definition) is 4. The number of nitrogens with one attached hydrogen (secondary N) is 1. The van der Waals surface area contributed by atoms with Crippen molar-refractivity contribution >= 4 is 35.6 Å². The normalized spacial score (nSPS) is 12.8. The molecule has 0 aliphatic carbocycles. The molecule has 0 radical (unpaired) electrons. The molecule has 0 fully saturated rings. The van der Waals surface area contributed by atoms with Crippen molar-refractivity contribution in [2.75, 3.05) is 18.5 Å². The monoisotopic (exact) mass is 496 g/mol. The molecule has 2 aromatic rings. The number of rotatable bonds is 7. The van der Waals surface area contributed by atoms with E-state index in [0.29, 0.717) is 6.42 Å². The zero-order chi connectivity index (χ0) is 19.0. The molecule has 0 aliphatic heterocycles. The van der Waals surface area contributed by atoms with Gasteiger partial charge in [-0.3, -0.25) is 9.98 Å². The minimum Gasteiger partial charge on any atom is -0.404 e. The summed E-state index contributed by atoms with van der Waals surface area (Å²) in [6.07, 6.45) is -2.66. The smallest absolute Gasteiger partial charge is 0.404 e. The lowest BCUT2D eigenvalue weighted by Crippen LogP contribution is -2.26. The van der Waals surface area contributed by atoms with Gasteiger partial charge in [-0.15, -0.1) is 37.1 Å². The number of hydrogen-bond donors (Lipinski definition) is 3. The van der Waals surface area contributed by atoms with Crippen LogP contribution in [0.15, 0.2) is 53.7 Å². The van der Waals surface area contributed by atoms with Gasteiger partial charge in [-0.2, -0.15) is 0 Å². The third-order valence-electron chi connectivity index (χ3n) is 3.38. The molecule has 0 aliphatic rings. The Balaban J connectivity index is 0.00000364. The molecule has 6 nitrogen and oxygen atoms in total. The van der Waals surface area contributed by atoms with Crippen LogP contribution in [-0.4, -0.2) is 35.6 Å². The summed E-state index contributed by atoms with van der Waals surface area (Å²) in [4.78, 5) is 8.26. The van der Waals surface area contributed by atoms with E-state index in [1.807, 2.05) is 12.1 Å². The Bertz CT molecular complexity index is 730. The molecule has 0 saturated heterocycles. The van der Waals surface area contributed by atoms with E-state index in [1.54, 1.807) is 12.3 Å². The summed E-state index contributed by atoms with van der Waals surface area (Å²) in [5, 5.41) is 12.0. The maximum Gasteiger partial charge on any atom is 0.573 e. The van der Waals surface area contributed by atoms with Crippen molar-refractivity contribution in [3.8, 4) is 5.75 Å². The fraction of sp³-hybridized carbons (Fsp3) is 0.294. The van der Waals surface area contributed by atoms with Crippen LogP contribution in [0.4, 0.5) is 18.9 Å². The summed E-state index contributed by atoms with van der Waals surface area (Å²) >= 11 is 0. The van der Waals surface area contributed by atoms with E-state index in [-0.39, 0.29) is 54.7 Å². The second-order valence-corrected chi connectivity index (χ2v) is 5.47. The van der Waals surface area contributed by atoms with E-state index in [1.165, 1.54) is 24.3 Å². The lowest BCUT2D eigenvalue weighted by atomic mass is 10.0. The number of nitrogens with zero attached hydrogens (tertiary/aromatic N) is 2. The second-order valence-electron chi connectivity index (χ2n) is 5.47. The predicted octanol–water partition coefficient (Wildman–Crippen LogP) is 3.18. The Morgan fingerprint density at radius 3 is 2.56 bits per heavy atom. The van der Waals surface area contributed by atoms with Gasteiger partial charge in [-0.25, -0.2) is 0 Å². The van der Waals surface area contributed by atoms with E-state index in [0.717, 1.165) is 5.69 Å². The number of nitrogens with two attached hydrogens (primary N) is 1. The second kappa shape index (κ2) is 10.9. The van der Waals surface area contributed by atoms with Crippen LogP contribution < -0.4 is 15.8 Å². The maximum absolute atomic E-state index is 12.4. The molecular formula is C17H20F3IN4O2. The number of benzene rings is 1. The van der Waals surface area contributed by atoms with E-state index in [2.05, 4.69) is 20.0 Å². The van der Waals surface area contributed by atoms with Crippen molar-refractivity contribution in [2.24, 2.45) is 16.6 Å². The lowest BCUT2D eigenvalue weighted by Gasteiger charge is -2.15. The molecule has 0 bridgehead atoms. The highest BCUT2D eigenvalue weighted by atomic mass is 127. The Labute approximate surface area is 171 Å². The first-order chi connectivity index (χ1) is 12.4. The van der Waals surface area contributed by atoms with Crippen molar-refractivity contribution in [1.82, 2.24) is 4.98 Å². The summed E-state index contributed by atoms with van der Waals surface area (Å²) in [6.45, 7) is 0.0648. The molecule has 0 amide bonds. The number of halogens is 4. The van der Waals surface area contributed by atoms with Crippen molar-refractivity contribution < 1.29 is 23.0 Å². The van der Waals surface area contributed by atoms with Crippen LogP contribution >= 0.6 is 24.0 Å². The zero-order valence-electron chi connectivity index (χ0n) is 14.2. The Morgan fingerprint density at radius 2 is 1.93 bits per heavy atom. The first kappa shape index (κ1) is 23.0. The first-order valence-electron chi connectivity index (χ1n) is 7.80. The predicted molar refractivity (Wildman–Crippen MR) is 107 cm³/mol. The van der Waals surface area contributed by atoms with Crippen LogP contribution in [0, 0.1) is 5.92 Å². The lowest BCUT2D eigenvalue weighted by molar-refractivity contribution is -0.274. The molecule has 1 atom stereocenters. The molecular weight excluding hydrogens is 476 g/mol. The molecule has 1 unspecified atom stereocenters. The van der Waals surface area contributed by atoms with Gasteiger partial charge in [0.25, 0.3) is 0 Å². The Kier molecular flexibility index (Phi) is 9.29. The number of anilines is 1. The summed E-state index contributed by atoms with van der Waals surface area (Å²) in [7, 11) is 0. The topological polar surface area (TPSA) is 92.8 Å². The molecule has 10 heteroatoms.